The first-order valence-electron chi connectivity index (χ1n) is 6.61. The van der Waals surface area contributed by atoms with Gasteiger partial charge in [0.2, 0.25) is 5.91 Å². The molecule has 1 fully saturated rings. The number of amides is 3. The summed E-state index contributed by atoms with van der Waals surface area (Å²) in [5, 5.41) is 0. The van der Waals surface area contributed by atoms with Crippen LogP contribution in [0.1, 0.15) is 39.1 Å². The van der Waals surface area contributed by atoms with Crippen LogP contribution in [-0.2, 0) is 16.1 Å². The van der Waals surface area contributed by atoms with Gasteiger partial charge in [-0.2, -0.15) is 4.31 Å². The fraction of sp³-hybridized carbons (Fsp3) is 0.286. The van der Waals surface area contributed by atoms with Crippen LogP contribution < -0.4 is 0 Å². The van der Waals surface area contributed by atoms with Crippen LogP contribution in [0, 0.1) is 0 Å². The number of nitrogens with zero attached hydrogens (tertiary/aromatic N) is 2. The number of imide groups is 1. The predicted octanol–water partition coefficient (Wildman–Crippen LogP) is 1.51. The van der Waals surface area contributed by atoms with Crippen LogP contribution in [0.2, 0.25) is 0 Å². The summed E-state index contributed by atoms with van der Waals surface area (Å²) < 4.78 is 13.2. The van der Waals surface area contributed by atoms with Gasteiger partial charge >= 0.3 is 0 Å². The number of carbonyl (C=O) groups is 4. The van der Waals surface area contributed by atoms with Crippen molar-refractivity contribution in [3.8, 4) is 0 Å². The van der Waals surface area contributed by atoms with Gasteiger partial charge in [-0.25, -0.2) is 0 Å². The highest BCUT2D eigenvalue weighted by atomic mass is 32.2. The molecule has 6 nitrogen and oxygen atoms in total. The lowest BCUT2D eigenvalue weighted by Crippen LogP contribution is -2.51. The molecule has 114 valence electrons. The zero-order valence-electron chi connectivity index (χ0n) is 11.3. The summed E-state index contributed by atoms with van der Waals surface area (Å²) >= 11 is -0.434. The average molecular weight is 322 g/mol. The summed E-state index contributed by atoms with van der Waals surface area (Å²) in [5.74, 6) is -1.70. The van der Waals surface area contributed by atoms with Crippen LogP contribution in [0.3, 0.4) is 0 Å². The molecule has 2 heterocycles. The van der Waals surface area contributed by atoms with Crippen LogP contribution in [0.15, 0.2) is 18.2 Å². The number of rotatable bonds is 3. The van der Waals surface area contributed by atoms with Gasteiger partial charge in [-0.15, -0.1) is 3.89 Å². The van der Waals surface area contributed by atoms with E-state index in [1.807, 2.05) is 0 Å². The standard InChI is InChI=1S/C14H11FN2O4S/c15-22-17-12(19)4-3-11(14(17)21)16-6-9-2-1-8(7-18)5-10(9)13(16)20/h1-2,5,7,11H,3-4,6H2. The fourth-order valence-corrected chi connectivity index (χ4v) is 3.13. The first-order valence-corrected chi connectivity index (χ1v) is 7.28. The van der Waals surface area contributed by atoms with Gasteiger partial charge in [0, 0.05) is 24.1 Å². The maximum Gasteiger partial charge on any atom is 0.264 e. The van der Waals surface area contributed by atoms with Gasteiger partial charge in [0.05, 0.1) is 0 Å². The van der Waals surface area contributed by atoms with E-state index in [0.717, 1.165) is 0 Å². The Morgan fingerprint density at radius 1 is 1.27 bits per heavy atom. The molecule has 22 heavy (non-hydrogen) atoms. The zero-order chi connectivity index (χ0) is 15.9. The van der Waals surface area contributed by atoms with Gasteiger partial charge in [-0.05, 0) is 18.1 Å². The summed E-state index contributed by atoms with van der Waals surface area (Å²) in [7, 11) is 0. The van der Waals surface area contributed by atoms with Gasteiger partial charge in [0.25, 0.3) is 11.8 Å². The number of fused-ring (bicyclic) bond motifs is 1. The third-order valence-corrected chi connectivity index (χ3v) is 4.41. The molecule has 1 aromatic carbocycles. The third-order valence-electron chi connectivity index (χ3n) is 3.89. The maximum atomic E-state index is 12.8. The van der Waals surface area contributed by atoms with E-state index in [4.69, 9.17) is 0 Å². The SMILES string of the molecule is O=Cc1ccc2c(c1)C(=O)N(C1CCC(=O)N(SF)C1=O)C2. The monoisotopic (exact) mass is 322 g/mol. The number of carbonyl (C=O) groups excluding carboxylic acids is 4. The lowest BCUT2D eigenvalue weighted by Gasteiger charge is -2.32. The van der Waals surface area contributed by atoms with Crippen LogP contribution >= 0.6 is 12.3 Å². The lowest BCUT2D eigenvalue weighted by molar-refractivity contribution is -0.145. The fourth-order valence-electron chi connectivity index (χ4n) is 2.77. The molecule has 0 spiro atoms. The molecule has 1 atom stereocenters. The first-order chi connectivity index (χ1) is 10.6. The molecule has 1 unspecified atom stereocenters. The molecular formula is C14H11FN2O4S. The van der Waals surface area contributed by atoms with Crippen molar-refractivity contribution < 1.29 is 23.1 Å². The minimum Gasteiger partial charge on any atom is -0.322 e. The highest BCUT2D eigenvalue weighted by Gasteiger charge is 2.43. The summed E-state index contributed by atoms with van der Waals surface area (Å²) in [6.45, 7) is 0.211. The lowest BCUT2D eigenvalue weighted by atomic mass is 10.0. The van der Waals surface area contributed by atoms with E-state index < -0.39 is 30.2 Å². The van der Waals surface area contributed by atoms with E-state index in [2.05, 4.69) is 0 Å². The van der Waals surface area contributed by atoms with Crippen molar-refractivity contribution in [2.24, 2.45) is 0 Å². The first kappa shape index (κ1) is 14.7. The molecule has 1 aromatic rings. The molecule has 0 aliphatic carbocycles. The van der Waals surface area contributed by atoms with Crippen molar-refractivity contribution in [1.29, 1.82) is 0 Å². The van der Waals surface area contributed by atoms with Crippen molar-refractivity contribution in [3.05, 3.63) is 34.9 Å². The average Bonchev–Trinajstić information content (AvgIpc) is 2.84. The topological polar surface area (TPSA) is 74.8 Å². The van der Waals surface area contributed by atoms with Crippen LogP contribution in [0.25, 0.3) is 0 Å². The molecule has 0 aromatic heterocycles. The Bertz CT molecular complexity index is 693. The molecule has 1 saturated heterocycles. The van der Waals surface area contributed by atoms with E-state index in [-0.39, 0.29) is 25.3 Å². The molecule has 0 radical (unpaired) electrons. The molecule has 2 aliphatic heterocycles. The van der Waals surface area contributed by atoms with Crippen LogP contribution in [0.4, 0.5) is 3.89 Å². The number of hydrogen-bond acceptors (Lipinski definition) is 5. The number of hydrogen-bond donors (Lipinski definition) is 0. The Hall–Kier alpha value is -2.22. The Morgan fingerprint density at radius 2 is 2.05 bits per heavy atom. The molecule has 8 heteroatoms. The van der Waals surface area contributed by atoms with E-state index in [9.17, 15) is 23.1 Å². The highest BCUT2D eigenvalue weighted by molar-refractivity contribution is 7.93. The van der Waals surface area contributed by atoms with Gasteiger partial charge in [-0.3, -0.25) is 19.2 Å². The molecular weight excluding hydrogens is 311 g/mol. The smallest absolute Gasteiger partial charge is 0.264 e. The Kier molecular flexibility index (Phi) is 3.69. The largest absolute Gasteiger partial charge is 0.322 e. The zero-order valence-corrected chi connectivity index (χ0v) is 12.1. The van der Waals surface area contributed by atoms with Crippen molar-refractivity contribution in [1.82, 2.24) is 9.21 Å². The van der Waals surface area contributed by atoms with E-state index in [1.54, 1.807) is 12.1 Å². The molecule has 2 aliphatic rings. The number of benzene rings is 1. The van der Waals surface area contributed by atoms with E-state index in [1.165, 1.54) is 11.0 Å². The van der Waals surface area contributed by atoms with E-state index in [0.29, 0.717) is 27.3 Å². The van der Waals surface area contributed by atoms with E-state index >= 15 is 0 Å². The summed E-state index contributed by atoms with van der Waals surface area (Å²) in [6.07, 6.45) is 0.824. The second kappa shape index (κ2) is 5.53. The maximum absolute atomic E-state index is 12.8. The number of halogens is 1. The summed E-state index contributed by atoms with van der Waals surface area (Å²) in [6, 6.07) is 3.88. The second-order valence-corrected chi connectivity index (χ2v) is 5.62. The van der Waals surface area contributed by atoms with Crippen molar-refractivity contribution in [3.63, 3.8) is 0 Å². The minimum atomic E-state index is -0.861. The predicted molar refractivity (Wildman–Crippen MR) is 75.3 cm³/mol. The Morgan fingerprint density at radius 3 is 2.73 bits per heavy atom. The molecule has 3 amide bonds. The van der Waals surface area contributed by atoms with Gasteiger partial charge < -0.3 is 4.90 Å². The molecule has 0 bridgehead atoms. The third kappa shape index (κ3) is 2.19. The summed E-state index contributed by atoms with van der Waals surface area (Å²) in [4.78, 5) is 48.2. The Labute approximate surface area is 129 Å². The second-order valence-electron chi connectivity index (χ2n) is 5.12. The van der Waals surface area contributed by atoms with Gasteiger partial charge in [-0.1, -0.05) is 12.1 Å². The minimum absolute atomic E-state index is 0.00698. The number of piperidine rings is 1. The van der Waals surface area contributed by atoms with Crippen LogP contribution in [0.5, 0.6) is 0 Å². The van der Waals surface area contributed by atoms with Crippen molar-refractivity contribution in [2.45, 2.75) is 25.4 Å². The van der Waals surface area contributed by atoms with Crippen molar-refractivity contribution >= 4 is 36.3 Å². The quantitative estimate of drug-likeness (QED) is 0.479. The Balaban J connectivity index is 1.88. The van der Waals surface area contributed by atoms with Crippen LogP contribution in [-0.4, -0.2) is 39.3 Å². The van der Waals surface area contributed by atoms with Crippen molar-refractivity contribution in [2.75, 3.05) is 0 Å². The molecule has 3 rings (SSSR count). The molecule has 0 saturated carbocycles. The summed E-state index contributed by atoms with van der Waals surface area (Å²) in [5.41, 5.74) is 1.45. The van der Waals surface area contributed by atoms with Gasteiger partial charge in [0.15, 0.2) is 12.3 Å². The molecule has 0 N–H and O–H groups in total. The normalized spacial score (nSPS) is 21.3. The number of aldehydes is 1. The highest BCUT2D eigenvalue weighted by Crippen LogP contribution is 2.31. The van der Waals surface area contributed by atoms with Gasteiger partial charge in [0.1, 0.15) is 12.3 Å².